The lowest BCUT2D eigenvalue weighted by molar-refractivity contribution is 0.600. The average molecular weight is 294 g/mol. The van der Waals surface area contributed by atoms with Crippen LogP contribution in [0.4, 0.5) is 5.69 Å². The molecular weight excluding hydrogens is 276 g/mol. The van der Waals surface area contributed by atoms with Gasteiger partial charge in [0.2, 0.25) is 0 Å². The molecule has 2 aromatic rings. The number of aromatic amines is 1. The van der Waals surface area contributed by atoms with E-state index in [1.54, 1.807) is 18.2 Å². The van der Waals surface area contributed by atoms with E-state index in [4.69, 9.17) is 0 Å². The van der Waals surface area contributed by atoms with Crippen LogP contribution < -0.4 is 10.0 Å². The summed E-state index contributed by atoms with van der Waals surface area (Å²) in [4.78, 5) is 0.245. The smallest absolute Gasteiger partial charge is 0.262 e. The third-order valence-electron chi connectivity index (χ3n) is 2.72. The summed E-state index contributed by atoms with van der Waals surface area (Å²) in [6.07, 6.45) is 3.95. The van der Waals surface area contributed by atoms with Crippen LogP contribution in [-0.4, -0.2) is 25.2 Å². The molecule has 1 aromatic carbocycles. The third-order valence-corrected chi connectivity index (χ3v) is 4.09. The van der Waals surface area contributed by atoms with Crippen LogP contribution in [0, 0.1) is 0 Å². The van der Waals surface area contributed by atoms with Gasteiger partial charge in [0.25, 0.3) is 10.0 Å². The maximum absolute atomic E-state index is 12.2. The highest BCUT2D eigenvalue weighted by molar-refractivity contribution is 7.92. The second-order valence-electron chi connectivity index (χ2n) is 4.42. The fraction of sp³-hybridized carbons (Fsp3) is 0.308. The quantitative estimate of drug-likeness (QED) is 0.678. The molecule has 0 fully saturated rings. The summed E-state index contributed by atoms with van der Waals surface area (Å²) in [7, 11) is -3.57. The molecule has 1 heterocycles. The number of H-pyrrole nitrogens is 1. The van der Waals surface area contributed by atoms with Crippen LogP contribution >= 0.6 is 0 Å². The fourth-order valence-corrected chi connectivity index (χ4v) is 2.86. The summed E-state index contributed by atoms with van der Waals surface area (Å²) in [5.41, 5.74) is 1.35. The lowest BCUT2D eigenvalue weighted by atomic mass is 10.2. The Labute approximate surface area is 118 Å². The van der Waals surface area contributed by atoms with Gasteiger partial charge in [0, 0.05) is 12.7 Å². The molecule has 0 aliphatic carbocycles. The highest BCUT2D eigenvalue weighted by Gasteiger charge is 2.14. The van der Waals surface area contributed by atoms with Gasteiger partial charge in [0.05, 0.1) is 16.8 Å². The van der Waals surface area contributed by atoms with Gasteiger partial charge >= 0.3 is 0 Å². The maximum atomic E-state index is 12.2. The molecule has 6 nitrogen and oxygen atoms in total. The van der Waals surface area contributed by atoms with Gasteiger partial charge in [-0.2, -0.15) is 5.10 Å². The molecule has 1 aromatic heterocycles. The second-order valence-corrected chi connectivity index (χ2v) is 6.10. The Bertz CT molecular complexity index is 638. The Morgan fingerprint density at radius 1 is 1.35 bits per heavy atom. The lowest BCUT2D eigenvalue weighted by Crippen LogP contribution is -2.15. The molecule has 0 bridgehead atoms. The van der Waals surface area contributed by atoms with Gasteiger partial charge in [-0.3, -0.25) is 9.82 Å². The molecule has 0 aliphatic rings. The number of aromatic nitrogens is 2. The van der Waals surface area contributed by atoms with Crippen molar-refractivity contribution in [1.82, 2.24) is 15.5 Å². The van der Waals surface area contributed by atoms with E-state index >= 15 is 0 Å². The van der Waals surface area contributed by atoms with E-state index in [0.29, 0.717) is 12.2 Å². The van der Waals surface area contributed by atoms with Crippen LogP contribution in [0.25, 0.3) is 0 Å². The molecule has 20 heavy (non-hydrogen) atoms. The molecule has 0 amide bonds. The predicted molar refractivity (Wildman–Crippen MR) is 77.8 cm³/mol. The minimum Gasteiger partial charge on any atom is -0.313 e. The number of benzene rings is 1. The van der Waals surface area contributed by atoms with Crippen LogP contribution in [0.5, 0.6) is 0 Å². The van der Waals surface area contributed by atoms with Crippen molar-refractivity contribution in [1.29, 1.82) is 0 Å². The Morgan fingerprint density at radius 3 is 2.90 bits per heavy atom. The number of nitrogens with zero attached hydrogens (tertiary/aromatic N) is 1. The number of hydrogen-bond donors (Lipinski definition) is 3. The number of nitrogens with one attached hydrogen (secondary N) is 3. The summed E-state index contributed by atoms with van der Waals surface area (Å²) in [6.45, 7) is 3.65. The van der Waals surface area contributed by atoms with Crippen LogP contribution in [0.3, 0.4) is 0 Å². The average Bonchev–Trinajstić information content (AvgIpc) is 2.92. The first-order chi connectivity index (χ1) is 9.62. The molecule has 0 radical (unpaired) electrons. The van der Waals surface area contributed by atoms with Gasteiger partial charge in [-0.1, -0.05) is 19.1 Å². The number of anilines is 1. The molecule has 0 saturated carbocycles. The Hall–Kier alpha value is -1.86. The van der Waals surface area contributed by atoms with Crippen LogP contribution in [-0.2, 0) is 16.6 Å². The van der Waals surface area contributed by atoms with Crippen molar-refractivity contribution in [2.75, 3.05) is 11.3 Å². The summed E-state index contributed by atoms with van der Waals surface area (Å²) in [5.74, 6) is 0. The first-order valence-electron chi connectivity index (χ1n) is 6.43. The zero-order chi connectivity index (χ0) is 14.4. The highest BCUT2D eigenvalue weighted by Crippen LogP contribution is 2.16. The molecule has 7 heteroatoms. The Balaban J connectivity index is 2.13. The van der Waals surface area contributed by atoms with E-state index in [1.165, 1.54) is 12.4 Å². The van der Waals surface area contributed by atoms with Gasteiger partial charge in [-0.15, -0.1) is 0 Å². The van der Waals surface area contributed by atoms with Crippen LogP contribution in [0.1, 0.15) is 18.9 Å². The van der Waals surface area contributed by atoms with Crippen LogP contribution in [0.2, 0.25) is 0 Å². The van der Waals surface area contributed by atoms with Crippen molar-refractivity contribution in [3.05, 3.63) is 42.2 Å². The minimum absolute atomic E-state index is 0.245. The second kappa shape index (κ2) is 6.53. The van der Waals surface area contributed by atoms with Gasteiger partial charge in [0.15, 0.2) is 0 Å². The Morgan fingerprint density at radius 2 is 2.20 bits per heavy atom. The molecule has 108 valence electrons. The first-order valence-corrected chi connectivity index (χ1v) is 7.91. The monoisotopic (exact) mass is 294 g/mol. The molecule has 0 aliphatic heterocycles. The van der Waals surface area contributed by atoms with Crippen molar-refractivity contribution in [2.24, 2.45) is 0 Å². The molecular formula is C13H18N4O2S. The predicted octanol–water partition coefficient (Wildman–Crippen LogP) is 1.71. The van der Waals surface area contributed by atoms with Crippen molar-refractivity contribution < 1.29 is 8.42 Å². The summed E-state index contributed by atoms with van der Waals surface area (Å²) >= 11 is 0. The van der Waals surface area contributed by atoms with E-state index in [1.807, 2.05) is 6.07 Å². The standard InChI is InChI=1S/C13H18N4O2S/c1-2-6-14-8-11-4-3-5-13(7-11)20(18,19)17-12-9-15-16-10-12/h3-5,7,9-10,14,17H,2,6,8H2,1H3,(H,15,16). The van der Waals surface area contributed by atoms with Crippen molar-refractivity contribution in [3.63, 3.8) is 0 Å². The van der Waals surface area contributed by atoms with Crippen molar-refractivity contribution >= 4 is 15.7 Å². The number of rotatable bonds is 7. The number of sulfonamides is 1. The zero-order valence-electron chi connectivity index (χ0n) is 11.3. The van der Waals surface area contributed by atoms with E-state index in [2.05, 4.69) is 27.2 Å². The molecule has 2 rings (SSSR count). The molecule has 0 unspecified atom stereocenters. The van der Waals surface area contributed by atoms with E-state index in [-0.39, 0.29) is 4.90 Å². The normalized spacial score (nSPS) is 11.4. The summed E-state index contributed by atoms with van der Waals surface area (Å²) < 4.78 is 26.9. The van der Waals surface area contributed by atoms with Gasteiger partial charge in [-0.05, 0) is 30.7 Å². The Kier molecular flexibility index (Phi) is 4.75. The van der Waals surface area contributed by atoms with E-state index in [0.717, 1.165) is 18.5 Å². The first kappa shape index (κ1) is 14.5. The van der Waals surface area contributed by atoms with Crippen molar-refractivity contribution in [3.8, 4) is 0 Å². The molecule has 0 atom stereocenters. The largest absolute Gasteiger partial charge is 0.313 e. The molecule has 0 saturated heterocycles. The van der Waals surface area contributed by atoms with Gasteiger partial charge in [-0.25, -0.2) is 8.42 Å². The van der Waals surface area contributed by atoms with Crippen LogP contribution in [0.15, 0.2) is 41.6 Å². The fourth-order valence-electron chi connectivity index (χ4n) is 1.75. The zero-order valence-corrected chi connectivity index (χ0v) is 12.1. The number of hydrogen-bond acceptors (Lipinski definition) is 4. The van der Waals surface area contributed by atoms with E-state index < -0.39 is 10.0 Å². The highest BCUT2D eigenvalue weighted by atomic mass is 32.2. The van der Waals surface area contributed by atoms with E-state index in [9.17, 15) is 8.42 Å². The van der Waals surface area contributed by atoms with Gasteiger partial charge < -0.3 is 5.32 Å². The van der Waals surface area contributed by atoms with Crippen molar-refractivity contribution in [2.45, 2.75) is 24.8 Å². The maximum Gasteiger partial charge on any atom is 0.262 e. The molecule has 0 spiro atoms. The SMILES string of the molecule is CCCNCc1cccc(S(=O)(=O)Nc2cn[nH]c2)c1. The lowest BCUT2D eigenvalue weighted by Gasteiger charge is -2.08. The summed E-state index contributed by atoms with van der Waals surface area (Å²) in [6, 6.07) is 6.89. The molecule has 3 N–H and O–H groups in total. The third kappa shape index (κ3) is 3.82. The van der Waals surface area contributed by atoms with Gasteiger partial charge in [0.1, 0.15) is 0 Å². The summed E-state index contributed by atoms with van der Waals surface area (Å²) in [5, 5.41) is 9.51. The minimum atomic E-state index is -3.57. The topological polar surface area (TPSA) is 86.9 Å².